The third-order valence-corrected chi connectivity index (χ3v) is 1.97. The molecule has 0 unspecified atom stereocenters. The molecule has 13 heavy (non-hydrogen) atoms. The maximum atomic E-state index is 8.53. The summed E-state index contributed by atoms with van der Waals surface area (Å²) in [5.41, 5.74) is 7.14. The van der Waals surface area contributed by atoms with Crippen LogP contribution in [0.15, 0.2) is 22.7 Å². The van der Waals surface area contributed by atoms with E-state index in [4.69, 9.17) is 10.8 Å². The third-order valence-electron chi connectivity index (χ3n) is 1.48. The summed E-state index contributed by atoms with van der Waals surface area (Å²) in [7, 11) is 0. The van der Waals surface area contributed by atoms with E-state index < -0.39 is 0 Å². The summed E-state index contributed by atoms with van der Waals surface area (Å²) in [6, 6.07) is 5.53. The number of nitrogens with two attached hydrogens (primary N) is 1. The molecule has 3 heteroatoms. The molecule has 0 spiro atoms. The fraction of sp³-hybridized carbons (Fsp3) is 0.200. The van der Waals surface area contributed by atoms with Crippen LogP contribution in [-0.2, 0) is 0 Å². The van der Waals surface area contributed by atoms with Crippen LogP contribution in [0.5, 0.6) is 0 Å². The lowest BCUT2D eigenvalue weighted by atomic mass is 10.2. The SMILES string of the molecule is Nc1ccc(Br)cc1C#CCCO. The second kappa shape index (κ2) is 4.90. The van der Waals surface area contributed by atoms with Gasteiger partial charge in [-0.25, -0.2) is 0 Å². The van der Waals surface area contributed by atoms with Gasteiger partial charge in [-0.2, -0.15) is 0 Å². The van der Waals surface area contributed by atoms with Crippen molar-refractivity contribution < 1.29 is 5.11 Å². The van der Waals surface area contributed by atoms with Crippen LogP contribution in [0.25, 0.3) is 0 Å². The number of benzene rings is 1. The van der Waals surface area contributed by atoms with Gasteiger partial charge < -0.3 is 10.8 Å². The van der Waals surface area contributed by atoms with E-state index in [9.17, 15) is 0 Å². The standard InChI is InChI=1S/C10H10BrNO/c11-9-4-5-10(12)8(7-9)3-1-2-6-13/h4-5,7,13H,2,6,12H2. The van der Waals surface area contributed by atoms with E-state index in [2.05, 4.69) is 27.8 Å². The molecule has 0 saturated heterocycles. The second-order valence-electron chi connectivity index (χ2n) is 2.51. The highest BCUT2D eigenvalue weighted by Gasteiger charge is 1.94. The van der Waals surface area contributed by atoms with Gasteiger partial charge in [0, 0.05) is 22.1 Å². The van der Waals surface area contributed by atoms with E-state index in [1.54, 1.807) is 6.07 Å². The van der Waals surface area contributed by atoms with Gasteiger partial charge in [0.2, 0.25) is 0 Å². The number of aliphatic hydroxyl groups is 1. The number of aliphatic hydroxyl groups excluding tert-OH is 1. The summed E-state index contributed by atoms with van der Waals surface area (Å²) in [5, 5.41) is 8.53. The van der Waals surface area contributed by atoms with Crippen molar-refractivity contribution >= 4 is 21.6 Å². The van der Waals surface area contributed by atoms with Crippen LogP contribution in [0.2, 0.25) is 0 Å². The first-order valence-corrected chi connectivity index (χ1v) is 4.68. The first-order valence-electron chi connectivity index (χ1n) is 3.89. The van der Waals surface area contributed by atoms with Crippen molar-refractivity contribution in [2.45, 2.75) is 6.42 Å². The molecular formula is C10H10BrNO. The van der Waals surface area contributed by atoms with Crippen LogP contribution < -0.4 is 5.73 Å². The van der Waals surface area contributed by atoms with Crippen molar-refractivity contribution in [3.63, 3.8) is 0 Å². The Balaban J connectivity index is 2.89. The van der Waals surface area contributed by atoms with Gasteiger partial charge in [0.1, 0.15) is 0 Å². The Morgan fingerprint density at radius 1 is 1.46 bits per heavy atom. The van der Waals surface area contributed by atoms with Crippen molar-refractivity contribution in [1.29, 1.82) is 0 Å². The fourth-order valence-corrected chi connectivity index (χ4v) is 1.21. The monoisotopic (exact) mass is 239 g/mol. The molecule has 3 N–H and O–H groups in total. The maximum Gasteiger partial charge on any atom is 0.0540 e. The predicted octanol–water partition coefficient (Wildman–Crippen LogP) is 1.77. The molecule has 0 radical (unpaired) electrons. The first-order chi connectivity index (χ1) is 6.24. The summed E-state index contributed by atoms with van der Waals surface area (Å²) >= 11 is 3.33. The van der Waals surface area contributed by atoms with Gasteiger partial charge in [-0.1, -0.05) is 27.8 Å². The van der Waals surface area contributed by atoms with Gasteiger partial charge in [0.25, 0.3) is 0 Å². The predicted molar refractivity (Wildman–Crippen MR) is 57.1 cm³/mol. The Hall–Kier alpha value is -0.980. The Morgan fingerprint density at radius 3 is 2.92 bits per heavy atom. The minimum Gasteiger partial charge on any atom is -0.398 e. The number of anilines is 1. The summed E-state index contributed by atoms with van der Waals surface area (Å²) in [6.07, 6.45) is 0.478. The Bertz CT molecular complexity index is 352. The van der Waals surface area contributed by atoms with E-state index in [1.165, 1.54) is 0 Å². The zero-order valence-electron chi connectivity index (χ0n) is 7.05. The lowest BCUT2D eigenvalue weighted by molar-refractivity contribution is 0.305. The van der Waals surface area contributed by atoms with Crippen molar-refractivity contribution in [2.75, 3.05) is 12.3 Å². The summed E-state index contributed by atoms with van der Waals surface area (Å²) in [4.78, 5) is 0. The highest BCUT2D eigenvalue weighted by atomic mass is 79.9. The second-order valence-corrected chi connectivity index (χ2v) is 3.42. The Kier molecular flexibility index (Phi) is 3.81. The van der Waals surface area contributed by atoms with Crippen LogP contribution in [0, 0.1) is 11.8 Å². The number of hydrogen-bond donors (Lipinski definition) is 2. The summed E-state index contributed by atoms with van der Waals surface area (Å²) in [5.74, 6) is 5.71. The van der Waals surface area contributed by atoms with Gasteiger partial charge in [0.15, 0.2) is 0 Å². The third kappa shape index (κ3) is 3.10. The molecule has 0 aliphatic carbocycles. The van der Waals surface area contributed by atoms with Crippen molar-refractivity contribution in [2.24, 2.45) is 0 Å². The van der Waals surface area contributed by atoms with E-state index in [0.717, 1.165) is 10.0 Å². The molecule has 0 amide bonds. The molecule has 0 saturated carbocycles. The van der Waals surface area contributed by atoms with Gasteiger partial charge in [0.05, 0.1) is 6.61 Å². The molecule has 0 aromatic heterocycles. The largest absolute Gasteiger partial charge is 0.398 e. The molecule has 0 aliphatic heterocycles. The van der Waals surface area contributed by atoms with Gasteiger partial charge >= 0.3 is 0 Å². The topological polar surface area (TPSA) is 46.2 Å². The summed E-state index contributed by atoms with van der Waals surface area (Å²) < 4.78 is 0.954. The van der Waals surface area contributed by atoms with Gasteiger partial charge in [-0.05, 0) is 18.2 Å². The Morgan fingerprint density at radius 2 is 2.23 bits per heavy atom. The van der Waals surface area contributed by atoms with E-state index >= 15 is 0 Å². The van der Waals surface area contributed by atoms with E-state index in [1.807, 2.05) is 12.1 Å². The zero-order valence-corrected chi connectivity index (χ0v) is 8.63. The molecule has 0 fully saturated rings. The average Bonchev–Trinajstić information content (AvgIpc) is 2.11. The number of rotatable bonds is 1. The number of nitrogen functional groups attached to an aromatic ring is 1. The van der Waals surface area contributed by atoms with Gasteiger partial charge in [-0.3, -0.25) is 0 Å². The average molecular weight is 240 g/mol. The molecule has 1 aromatic rings. The van der Waals surface area contributed by atoms with Crippen LogP contribution in [0.3, 0.4) is 0 Å². The van der Waals surface area contributed by atoms with E-state index in [-0.39, 0.29) is 6.61 Å². The van der Waals surface area contributed by atoms with Crippen LogP contribution in [0.1, 0.15) is 12.0 Å². The molecule has 0 atom stereocenters. The lowest BCUT2D eigenvalue weighted by Gasteiger charge is -1.97. The molecule has 2 nitrogen and oxygen atoms in total. The highest BCUT2D eigenvalue weighted by molar-refractivity contribution is 9.10. The molecule has 0 aliphatic rings. The molecule has 0 heterocycles. The number of hydrogen-bond acceptors (Lipinski definition) is 2. The fourth-order valence-electron chi connectivity index (χ4n) is 0.850. The first kappa shape index (κ1) is 10.1. The highest BCUT2D eigenvalue weighted by Crippen LogP contribution is 2.17. The molecule has 1 aromatic carbocycles. The molecular weight excluding hydrogens is 230 g/mol. The zero-order chi connectivity index (χ0) is 9.68. The minimum atomic E-state index is 0.0842. The molecule has 1 rings (SSSR count). The van der Waals surface area contributed by atoms with Crippen molar-refractivity contribution in [3.8, 4) is 11.8 Å². The lowest BCUT2D eigenvalue weighted by Crippen LogP contribution is -1.89. The van der Waals surface area contributed by atoms with E-state index in [0.29, 0.717) is 12.1 Å². The van der Waals surface area contributed by atoms with Crippen LogP contribution in [0.4, 0.5) is 5.69 Å². The Labute approximate surface area is 85.9 Å². The normalized spacial score (nSPS) is 9.08. The quantitative estimate of drug-likeness (QED) is 0.580. The molecule has 68 valence electrons. The minimum absolute atomic E-state index is 0.0842. The van der Waals surface area contributed by atoms with Crippen molar-refractivity contribution in [1.82, 2.24) is 0 Å². The van der Waals surface area contributed by atoms with Crippen LogP contribution in [-0.4, -0.2) is 11.7 Å². The summed E-state index contributed by atoms with van der Waals surface area (Å²) in [6.45, 7) is 0.0842. The van der Waals surface area contributed by atoms with Crippen LogP contribution >= 0.6 is 15.9 Å². The molecule has 0 bridgehead atoms. The number of halogens is 1. The van der Waals surface area contributed by atoms with Crippen molar-refractivity contribution in [3.05, 3.63) is 28.2 Å². The smallest absolute Gasteiger partial charge is 0.0540 e. The maximum absolute atomic E-state index is 8.53. The van der Waals surface area contributed by atoms with Gasteiger partial charge in [-0.15, -0.1) is 0 Å².